The van der Waals surface area contributed by atoms with Gasteiger partial charge in [-0.3, -0.25) is 4.79 Å². The van der Waals surface area contributed by atoms with Crippen molar-refractivity contribution in [1.29, 1.82) is 0 Å². The van der Waals surface area contributed by atoms with Gasteiger partial charge in [0.25, 0.3) is 5.91 Å². The standard InChI is InChI=1S/C29H29N5O3/c1-19-8-7-11-22(14-19)17-37-24-13-12-23(15-25(24)36-3)27-26(20(2)33-29-31-18-32-34(27)29)28(35)30-16-21-9-5-4-6-10-21/h4-15,18,27H,16-17H2,1-3H3,(H,30,35)(H,31,32,33). The summed E-state index contributed by atoms with van der Waals surface area (Å²) in [6.07, 6.45) is 1.48. The molecular weight excluding hydrogens is 466 g/mol. The van der Waals surface area contributed by atoms with Crippen LogP contribution in [-0.4, -0.2) is 27.8 Å². The highest BCUT2D eigenvalue weighted by Gasteiger charge is 2.33. The van der Waals surface area contributed by atoms with E-state index in [9.17, 15) is 4.79 Å². The Balaban J connectivity index is 1.43. The minimum atomic E-state index is -0.491. The molecule has 0 bridgehead atoms. The van der Waals surface area contributed by atoms with Crippen LogP contribution in [0.3, 0.4) is 0 Å². The van der Waals surface area contributed by atoms with Crippen molar-refractivity contribution in [3.63, 3.8) is 0 Å². The van der Waals surface area contributed by atoms with Gasteiger partial charge in [0.2, 0.25) is 5.95 Å². The van der Waals surface area contributed by atoms with Crippen molar-refractivity contribution in [2.75, 3.05) is 12.4 Å². The molecular formula is C29H29N5O3. The van der Waals surface area contributed by atoms with Crippen molar-refractivity contribution in [1.82, 2.24) is 20.1 Å². The molecule has 37 heavy (non-hydrogen) atoms. The molecule has 0 saturated carbocycles. The number of fused-ring (bicyclic) bond motifs is 1. The molecule has 5 rings (SSSR count). The monoisotopic (exact) mass is 495 g/mol. The summed E-state index contributed by atoms with van der Waals surface area (Å²) in [6, 6.07) is 23.2. The Morgan fingerprint density at radius 3 is 2.59 bits per heavy atom. The highest BCUT2D eigenvalue weighted by Crippen LogP contribution is 2.38. The summed E-state index contributed by atoms with van der Waals surface area (Å²) < 4.78 is 13.5. The van der Waals surface area contributed by atoms with Gasteiger partial charge in [-0.1, -0.05) is 66.2 Å². The van der Waals surface area contributed by atoms with Crippen molar-refractivity contribution in [2.45, 2.75) is 33.0 Å². The maximum atomic E-state index is 13.5. The van der Waals surface area contributed by atoms with E-state index in [1.807, 2.05) is 67.6 Å². The smallest absolute Gasteiger partial charge is 0.251 e. The number of carbonyl (C=O) groups excluding carboxylic acids is 1. The van der Waals surface area contributed by atoms with E-state index in [1.165, 1.54) is 11.9 Å². The fourth-order valence-corrected chi connectivity index (χ4v) is 4.50. The van der Waals surface area contributed by atoms with Crippen LogP contribution in [0, 0.1) is 6.92 Å². The summed E-state index contributed by atoms with van der Waals surface area (Å²) in [6.45, 7) is 4.77. The predicted molar refractivity (Wildman–Crippen MR) is 141 cm³/mol. The highest BCUT2D eigenvalue weighted by atomic mass is 16.5. The van der Waals surface area contributed by atoms with E-state index >= 15 is 0 Å². The largest absolute Gasteiger partial charge is 0.493 e. The first-order valence-electron chi connectivity index (χ1n) is 12.1. The number of ether oxygens (including phenoxy) is 2. The molecule has 0 fully saturated rings. The molecule has 1 atom stereocenters. The highest BCUT2D eigenvalue weighted by molar-refractivity contribution is 5.96. The molecule has 1 aliphatic heterocycles. The van der Waals surface area contributed by atoms with Crippen molar-refractivity contribution in [3.8, 4) is 11.5 Å². The van der Waals surface area contributed by atoms with Gasteiger partial charge in [0.15, 0.2) is 11.5 Å². The van der Waals surface area contributed by atoms with Gasteiger partial charge in [-0.2, -0.15) is 10.1 Å². The van der Waals surface area contributed by atoms with Crippen LogP contribution in [0.25, 0.3) is 0 Å². The minimum absolute atomic E-state index is 0.182. The number of nitrogens with zero attached hydrogens (tertiary/aromatic N) is 3. The van der Waals surface area contributed by atoms with Gasteiger partial charge in [-0.15, -0.1) is 0 Å². The van der Waals surface area contributed by atoms with Crippen LogP contribution in [0.2, 0.25) is 0 Å². The first-order valence-corrected chi connectivity index (χ1v) is 12.1. The lowest BCUT2D eigenvalue weighted by Gasteiger charge is -2.29. The number of nitrogens with one attached hydrogen (secondary N) is 2. The second kappa shape index (κ2) is 10.6. The molecule has 1 aromatic heterocycles. The van der Waals surface area contributed by atoms with Crippen LogP contribution >= 0.6 is 0 Å². The number of anilines is 1. The Morgan fingerprint density at radius 1 is 1.00 bits per heavy atom. The fraction of sp³-hybridized carbons (Fsp3) is 0.207. The first-order chi connectivity index (χ1) is 18.0. The molecule has 1 amide bonds. The SMILES string of the molecule is COc1cc(C2C(C(=O)NCc3ccccc3)=C(C)Nc3ncnn32)ccc1OCc1cccc(C)c1. The Labute approximate surface area is 216 Å². The van der Waals surface area contributed by atoms with E-state index in [0.29, 0.717) is 36.2 Å². The van der Waals surface area contributed by atoms with Crippen molar-refractivity contribution < 1.29 is 14.3 Å². The van der Waals surface area contributed by atoms with E-state index in [1.54, 1.807) is 11.8 Å². The van der Waals surface area contributed by atoms with Crippen molar-refractivity contribution >= 4 is 11.9 Å². The molecule has 0 aliphatic carbocycles. The molecule has 0 spiro atoms. The van der Waals surface area contributed by atoms with E-state index in [-0.39, 0.29) is 5.91 Å². The number of allylic oxidation sites excluding steroid dienone is 1. The lowest BCUT2D eigenvalue weighted by Crippen LogP contribution is -2.34. The van der Waals surface area contributed by atoms with Crippen molar-refractivity contribution in [3.05, 3.63) is 113 Å². The first kappa shape index (κ1) is 24.1. The molecule has 2 heterocycles. The molecule has 2 N–H and O–H groups in total. The zero-order chi connectivity index (χ0) is 25.8. The lowest BCUT2D eigenvalue weighted by atomic mass is 9.94. The number of methoxy groups -OCH3 is 1. The van der Waals surface area contributed by atoms with E-state index in [2.05, 4.69) is 39.8 Å². The quantitative estimate of drug-likeness (QED) is 0.366. The summed E-state index contributed by atoms with van der Waals surface area (Å²) >= 11 is 0. The van der Waals surface area contributed by atoms with Crippen LogP contribution in [-0.2, 0) is 17.9 Å². The maximum absolute atomic E-state index is 13.5. The number of aromatic nitrogens is 3. The molecule has 1 unspecified atom stereocenters. The average Bonchev–Trinajstić information content (AvgIpc) is 3.38. The zero-order valence-corrected chi connectivity index (χ0v) is 21.1. The number of amides is 1. The summed E-state index contributed by atoms with van der Waals surface area (Å²) in [5.41, 5.74) is 5.38. The van der Waals surface area contributed by atoms with Gasteiger partial charge >= 0.3 is 0 Å². The third-order valence-corrected chi connectivity index (χ3v) is 6.32. The average molecular weight is 496 g/mol. The fourth-order valence-electron chi connectivity index (χ4n) is 4.50. The second-order valence-corrected chi connectivity index (χ2v) is 8.95. The van der Waals surface area contributed by atoms with Crippen LogP contribution in [0.1, 0.15) is 35.2 Å². The van der Waals surface area contributed by atoms with E-state index < -0.39 is 6.04 Å². The summed E-state index contributed by atoms with van der Waals surface area (Å²) in [5, 5.41) is 10.7. The minimum Gasteiger partial charge on any atom is -0.493 e. The van der Waals surface area contributed by atoms with E-state index in [4.69, 9.17) is 9.47 Å². The molecule has 0 saturated heterocycles. The van der Waals surface area contributed by atoms with Gasteiger partial charge in [0.05, 0.1) is 12.7 Å². The Kier molecular flexibility index (Phi) is 6.89. The third kappa shape index (κ3) is 5.18. The van der Waals surface area contributed by atoms with Gasteiger partial charge in [0.1, 0.15) is 19.0 Å². The maximum Gasteiger partial charge on any atom is 0.251 e. The number of rotatable bonds is 8. The van der Waals surface area contributed by atoms with Gasteiger partial charge in [-0.25, -0.2) is 4.68 Å². The third-order valence-electron chi connectivity index (χ3n) is 6.32. The van der Waals surface area contributed by atoms with Gasteiger partial charge in [0, 0.05) is 12.2 Å². The van der Waals surface area contributed by atoms with E-state index in [0.717, 1.165) is 22.4 Å². The second-order valence-electron chi connectivity index (χ2n) is 8.95. The molecule has 4 aromatic rings. The van der Waals surface area contributed by atoms with Crippen LogP contribution in [0.5, 0.6) is 11.5 Å². The molecule has 188 valence electrons. The Morgan fingerprint density at radius 2 is 1.81 bits per heavy atom. The summed E-state index contributed by atoms with van der Waals surface area (Å²) in [4.78, 5) is 17.8. The Hall–Kier alpha value is -4.59. The number of aryl methyl sites for hydroxylation is 1. The lowest BCUT2D eigenvalue weighted by molar-refractivity contribution is -0.118. The number of hydrogen-bond acceptors (Lipinski definition) is 6. The van der Waals surface area contributed by atoms with Gasteiger partial charge < -0.3 is 20.1 Å². The summed E-state index contributed by atoms with van der Waals surface area (Å²) in [7, 11) is 1.61. The van der Waals surface area contributed by atoms with Crippen LogP contribution < -0.4 is 20.1 Å². The summed E-state index contributed by atoms with van der Waals surface area (Å²) in [5.74, 6) is 1.59. The number of carbonyl (C=O) groups is 1. The Bertz CT molecular complexity index is 1440. The van der Waals surface area contributed by atoms with Crippen LogP contribution in [0.4, 0.5) is 5.95 Å². The molecule has 8 nitrogen and oxygen atoms in total. The topological polar surface area (TPSA) is 90.3 Å². The van der Waals surface area contributed by atoms with Crippen molar-refractivity contribution in [2.24, 2.45) is 0 Å². The molecule has 8 heteroatoms. The molecule has 1 aliphatic rings. The number of hydrogen-bond donors (Lipinski definition) is 2. The number of benzene rings is 3. The van der Waals surface area contributed by atoms with Gasteiger partial charge in [-0.05, 0) is 42.7 Å². The predicted octanol–water partition coefficient (Wildman–Crippen LogP) is 4.78. The molecule has 0 radical (unpaired) electrons. The zero-order valence-electron chi connectivity index (χ0n) is 21.1. The molecule has 3 aromatic carbocycles. The normalized spacial score (nSPS) is 14.5. The van der Waals surface area contributed by atoms with Crippen LogP contribution in [0.15, 0.2) is 90.4 Å².